The molecule has 6 heteroatoms. The van der Waals surface area contributed by atoms with Crippen LogP contribution in [-0.4, -0.2) is 37.2 Å². The topological polar surface area (TPSA) is 78.9 Å². The zero-order valence-electron chi connectivity index (χ0n) is 38.1. The van der Waals surface area contributed by atoms with E-state index in [0.29, 0.717) is 19.3 Å². The van der Waals surface area contributed by atoms with Gasteiger partial charge in [0.25, 0.3) is 0 Å². The van der Waals surface area contributed by atoms with Gasteiger partial charge in [0.05, 0.1) is 0 Å². The minimum Gasteiger partial charge on any atom is -0.462 e. The molecule has 0 aliphatic heterocycles. The lowest BCUT2D eigenvalue weighted by atomic mass is 9.99. The number of carbonyl (C=O) groups is 3. The van der Waals surface area contributed by atoms with Crippen molar-refractivity contribution < 1.29 is 28.6 Å². The Morgan fingerprint density at radius 2 is 0.625 bits per heavy atom. The Balaban J connectivity index is 4.32. The Morgan fingerprint density at radius 1 is 0.357 bits per heavy atom. The van der Waals surface area contributed by atoms with Gasteiger partial charge in [-0.2, -0.15) is 0 Å². The maximum Gasteiger partial charge on any atom is 0.306 e. The van der Waals surface area contributed by atoms with Crippen molar-refractivity contribution in [2.24, 2.45) is 5.92 Å². The molecule has 0 aromatic heterocycles. The first kappa shape index (κ1) is 54.4. The van der Waals surface area contributed by atoms with Crippen molar-refractivity contribution in [3.8, 4) is 0 Å². The summed E-state index contributed by atoms with van der Waals surface area (Å²) in [7, 11) is 0. The molecule has 0 saturated carbocycles. The minimum atomic E-state index is -0.759. The van der Waals surface area contributed by atoms with Crippen LogP contribution in [0.4, 0.5) is 0 Å². The van der Waals surface area contributed by atoms with Gasteiger partial charge < -0.3 is 14.2 Å². The number of hydrogen-bond acceptors (Lipinski definition) is 6. The normalized spacial score (nSPS) is 12.4. The molecule has 0 N–H and O–H groups in total. The van der Waals surface area contributed by atoms with Crippen LogP contribution in [0.2, 0.25) is 0 Å². The number of esters is 3. The van der Waals surface area contributed by atoms with Crippen molar-refractivity contribution >= 4 is 17.9 Å². The summed E-state index contributed by atoms with van der Waals surface area (Å²) >= 11 is 0. The molecular weight excluding hydrogens is 697 g/mol. The predicted molar refractivity (Wildman–Crippen MR) is 238 cm³/mol. The molecular formula is C50H96O6. The Labute approximate surface area is 348 Å². The summed E-state index contributed by atoms with van der Waals surface area (Å²) in [5, 5.41) is 0. The van der Waals surface area contributed by atoms with Crippen LogP contribution in [0, 0.1) is 5.92 Å². The number of carbonyl (C=O) groups excluding carboxylic acids is 3. The van der Waals surface area contributed by atoms with Crippen molar-refractivity contribution in [1.82, 2.24) is 0 Å². The molecule has 0 spiro atoms. The number of rotatable bonds is 45. The summed E-state index contributed by atoms with van der Waals surface area (Å²) in [6, 6.07) is 0. The molecule has 0 aromatic carbocycles. The highest BCUT2D eigenvalue weighted by Crippen LogP contribution is 2.17. The number of hydrogen-bond donors (Lipinski definition) is 0. The van der Waals surface area contributed by atoms with Crippen LogP contribution in [0.15, 0.2) is 0 Å². The number of ether oxygens (including phenoxy) is 3. The second-order valence-corrected chi connectivity index (χ2v) is 17.3. The van der Waals surface area contributed by atoms with Crippen LogP contribution < -0.4 is 0 Å². The molecule has 0 rings (SSSR count). The van der Waals surface area contributed by atoms with Gasteiger partial charge in [0.1, 0.15) is 13.2 Å². The summed E-state index contributed by atoms with van der Waals surface area (Å²) in [6.07, 6.45) is 45.0. The molecule has 0 heterocycles. The van der Waals surface area contributed by atoms with Gasteiger partial charge in [-0.3, -0.25) is 14.4 Å². The summed E-state index contributed by atoms with van der Waals surface area (Å²) in [4.78, 5) is 37.8. The molecule has 0 aliphatic rings. The van der Waals surface area contributed by atoms with E-state index < -0.39 is 6.10 Å². The molecule has 0 saturated heterocycles. The van der Waals surface area contributed by atoms with Crippen molar-refractivity contribution in [2.45, 2.75) is 284 Å². The molecule has 0 amide bonds. The lowest BCUT2D eigenvalue weighted by Crippen LogP contribution is -2.30. The van der Waals surface area contributed by atoms with E-state index in [1.807, 2.05) is 0 Å². The van der Waals surface area contributed by atoms with Gasteiger partial charge in [0.15, 0.2) is 6.10 Å². The standard InChI is InChI=1S/C50H96O6/c1-5-8-10-12-14-16-18-19-21-27-31-35-39-43-50(53)56-47(44-54-48(51)41-37-33-29-25-20-17-15-13-11-9-6-2)45-55-49(52)42-38-34-30-26-23-22-24-28-32-36-40-46(4)7-3/h46-47H,5-45H2,1-4H3/t46?,47-/m0/s1. The zero-order chi connectivity index (χ0) is 41.0. The van der Waals surface area contributed by atoms with Crippen molar-refractivity contribution in [3.05, 3.63) is 0 Å². The van der Waals surface area contributed by atoms with Gasteiger partial charge in [-0.25, -0.2) is 0 Å². The van der Waals surface area contributed by atoms with E-state index in [0.717, 1.165) is 63.7 Å². The summed E-state index contributed by atoms with van der Waals surface area (Å²) in [6.45, 7) is 9.03. The Hall–Kier alpha value is -1.59. The third-order valence-electron chi connectivity index (χ3n) is 11.7. The highest BCUT2D eigenvalue weighted by atomic mass is 16.6. The highest BCUT2D eigenvalue weighted by molar-refractivity contribution is 5.71. The fourth-order valence-electron chi connectivity index (χ4n) is 7.48. The molecule has 332 valence electrons. The van der Waals surface area contributed by atoms with Crippen molar-refractivity contribution in [1.29, 1.82) is 0 Å². The van der Waals surface area contributed by atoms with Crippen LogP contribution in [0.25, 0.3) is 0 Å². The van der Waals surface area contributed by atoms with Gasteiger partial charge >= 0.3 is 17.9 Å². The molecule has 0 aromatic rings. The van der Waals surface area contributed by atoms with Gasteiger partial charge in [0.2, 0.25) is 0 Å². The first-order valence-electron chi connectivity index (χ1n) is 24.9. The minimum absolute atomic E-state index is 0.0631. The number of unbranched alkanes of at least 4 members (excludes halogenated alkanes) is 31. The quantitative estimate of drug-likeness (QED) is 0.0347. The van der Waals surface area contributed by atoms with E-state index in [1.165, 1.54) is 173 Å². The molecule has 0 aliphatic carbocycles. The molecule has 2 atom stereocenters. The van der Waals surface area contributed by atoms with Crippen LogP contribution >= 0.6 is 0 Å². The lowest BCUT2D eigenvalue weighted by Gasteiger charge is -2.18. The van der Waals surface area contributed by atoms with E-state index in [2.05, 4.69) is 27.7 Å². The fraction of sp³-hybridized carbons (Fsp3) is 0.940. The molecule has 1 unspecified atom stereocenters. The van der Waals surface area contributed by atoms with Crippen LogP contribution in [0.1, 0.15) is 278 Å². The monoisotopic (exact) mass is 793 g/mol. The third-order valence-corrected chi connectivity index (χ3v) is 11.7. The van der Waals surface area contributed by atoms with Gasteiger partial charge in [-0.15, -0.1) is 0 Å². The second kappa shape index (κ2) is 44.5. The van der Waals surface area contributed by atoms with Crippen LogP contribution in [0.5, 0.6) is 0 Å². The molecule has 0 bridgehead atoms. The van der Waals surface area contributed by atoms with E-state index >= 15 is 0 Å². The van der Waals surface area contributed by atoms with Crippen molar-refractivity contribution in [2.75, 3.05) is 13.2 Å². The molecule has 6 nitrogen and oxygen atoms in total. The summed E-state index contributed by atoms with van der Waals surface area (Å²) in [5.41, 5.74) is 0. The largest absolute Gasteiger partial charge is 0.462 e. The molecule has 56 heavy (non-hydrogen) atoms. The molecule has 0 radical (unpaired) electrons. The van der Waals surface area contributed by atoms with E-state index in [4.69, 9.17) is 14.2 Å². The molecule has 0 fully saturated rings. The zero-order valence-corrected chi connectivity index (χ0v) is 38.1. The maximum atomic E-state index is 12.7. The van der Waals surface area contributed by atoms with E-state index in [9.17, 15) is 14.4 Å². The van der Waals surface area contributed by atoms with E-state index in [-0.39, 0.29) is 31.1 Å². The van der Waals surface area contributed by atoms with Gasteiger partial charge in [-0.1, -0.05) is 240 Å². The predicted octanol–water partition coefficient (Wildman–Crippen LogP) is 15.9. The Kier molecular flexibility index (Phi) is 43.2. The average Bonchev–Trinajstić information content (AvgIpc) is 3.19. The van der Waals surface area contributed by atoms with Crippen LogP contribution in [-0.2, 0) is 28.6 Å². The van der Waals surface area contributed by atoms with Gasteiger partial charge in [-0.05, 0) is 25.2 Å². The highest BCUT2D eigenvalue weighted by Gasteiger charge is 2.19. The fourth-order valence-corrected chi connectivity index (χ4v) is 7.48. The maximum absolute atomic E-state index is 12.7. The Bertz CT molecular complexity index is 843. The SMILES string of the molecule is CCCCCCCCCCCCCCCC(=O)O[C@@H](COC(=O)CCCCCCCCCCCCC)COC(=O)CCCCCCCCCCCCC(C)CC. The van der Waals surface area contributed by atoms with Gasteiger partial charge in [0, 0.05) is 19.3 Å². The average molecular weight is 793 g/mol. The smallest absolute Gasteiger partial charge is 0.306 e. The Morgan fingerprint density at radius 3 is 0.929 bits per heavy atom. The first-order valence-corrected chi connectivity index (χ1v) is 24.9. The van der Waals surface area contributed by atoms with E-state index in [1.54, 1.807) is 0 Å². The van der Waals surface area contributed by atoms with Crippen LogP contribution in [0.3, 0.4) is 0 Å². The second-order valence-electron chi connectivity index (χ2n) is 17.3. The summed E-state index contributed by atoms with van der Waals surface area (Å²) in [5.74, 6) is 0.0219. The van der Waals surface area contributed by atoms with Crippen molar-refractivity contribution in [3.63, 3.8) is 0 Å². The third kappa shape index (κ3) is 42.0. The first-order chi connectivity index (χ1) is 27.4. The lowest BCUT2D eigenvalue weighted by molar-refractivity contribution is -0.167. The summed E-state index contributed by atoms with van der Waals surface area (Å²) < 4.78 is 16.8.